The number of rotatable bonds is 9. The third-order valence-electron chi connectivity index (χ3n) is 4.12. The lowest BCUT2D eigenvalue weighted by Gasteiger charge is -2.15. The molecule has 144 valence electrons. The summed E-state index contributed by atoms with van der Waals surface area (Å²) in [7, 11) is -1.54. The number of hydrogen-bond donors (Lipinski definition) is 2. The third-order valence-corrected chi connectivity index (χ3v) is 5.98. The predicted octanol–water partition coefficient (Wildman–Crippen LogP) is 3.22. The van der Waals surface area contributed by atoms with Gasteiger partial charge in [0.2, 0.25) is 10.0 Å². The van der Waals surface area contributed by atoms with Gasteiger partial charge in [-0.2, -0.15) is 0 Å². The van der Waals surface area contributed by atoms with E-state index in [0.29, 0.717) is 31.4 Å². The van der Waals surface area contributed by atoms with Crippen molar-refractivity contribution in [1.29, 1.82) is 0 Å². The first-order chi connectivity index (χ1) is 11.3. The zero-order chi connectivity index (χ0) is 18.2. The van der Waals surface area contributed by atoms with Crippen LogP contribution >= 0.6 is 24.0 Å². The highest BCUT2D eigenvalue weighted by Crippen LogP contribution is 2.20. The number of benzene rings is 1. The van der Waals surface area contributed by atoms with Crippen LogP contribution in [0.25, 0.3) is 0 Å². The number of guanidine groups is 1. The summed E-state index contributed by atoms with van der Waals surface area (Å²) < 4.78 is 24.6. The number of hydrogen-bond acceptors (Lipinski definition) is 3. The minimum Gasteiger partial charge on any atom is -0.370 e. The Hall–Kier alpha value is -0.870. The molecule has 1 rings (SSSR count). The predicted molar refractivity (Wildman–Crippen MR) is 117 cm³/mol. The van der Waals surface area contributed by atoms with Crippen LogP contribution in [-0.2, 0) is 10.0 Å². The third kappa shape index (κ3) is 8.37. The summed E-state index contributed by atoms with van der Waals surface area (Å²) in [4.78, 5) is 4.23. The van der Waals surface area contributed by atoms with Crippen LogP contribution in [0.15, 0.2) is 29.3 Å². The van der Waals surface area contributed by atoms with E-state index in [1.807, 2.05) is 12.1 Å². The Morgan fingerprint density at radius 1 is 1.28 bits per heavy atom. The van der Waals surface area contributed by atoms with Gasteiger partial charge in [0.15, 0.2) is 5.96 Å². The summed E-state index contributed by atoms with van der Waals surface area (Å²) >= 11 is 0. The van der Waals surface area contributed by atoms with Gasteiger partial charge < -0.3 is 11.1 Å². The van der Waals surface area contributed by atoms with Gasteiger partial charge in [0.25, 0.3) is 0 Å². The lowest BCUT2D eigenvalue weighted by atomic mass is 9.99. The largest absolute Gasteiger partial charge is 0.370 e. The number of nitrogens with two attached hydrogens (primary N) is 1. The Labute approximate surface area is 169 Å². The molecule has 6 nitrogen and oxygen atoms in total. The van der Waals surface area contributed by atoms with E-state index in [-0.39, 0.29) is 29.7 Å². The van der Waals surface area contributed by atoms with Crippen LogP contribution in [0.3, 0.4) is 0 Å². The average Bonchev–Trinajstić information content (AvgIpc) is 2.58. The lowest BCUT2D eigenvalue weighted by Crippen LogP contribution is -2.30. The second kappa shape index (κ2) is 11.7. The molecule has 0 radical (unpaired) electrons. The molecule has 0 aliphatic heterocycles. The van der Waals surface area contributed by atoms with Crippen molar-refractivity contribution in [3.05, 3.63) is 29.8 Å². The van der Waals surface area contributed by atoms with E-state index in [0.717, 1.165) is 12.1 Å². The molecular formula is C17H31IN4O2S. The van der Waals surface area contributed by atoms with Gasteiger partial charge in [-0.1, -0.05) is 26.0 Å². The van der Waals surface area contributed by atoms with Crippen molar-refractivity contribution in [3.63, 3.8) is 0 Å². The lowest BCUT2D eigenvalue weighted by molar-refractivity contribution is 0.465. The van der Waals surface area contributed by atoms with Crippen LogP contribution < -0.4 is 11.1 Å². The van der Waals surface area contributed by atoms with Crippen LogP contribution in [0.2, 0.25) is 0 Å². The smallest absolute Gasteiger partial charge is 0.213 e. The number of aliphatic imine (C=N–C) groups is 1. The van der Waals surface area contributed by atoms with Crippen LogP contribution in [0.1, 0.15) is 45.1 Å². The van der Waals surface area contributed by atoms with Crippen LogP contribution in [-0.4, -0.2) is 44.6 Å². The van der Waals surface area contributed by atoms with Crippen LogP contribution in [0.4, 0.5) is 5.69 Å². The number of sulfonamides is 1. The molecule has 1 atom stereocenters. The number of nitrogens with one attached hydrogen (secondary N) is 1. The summed E-state index contributed by atoms with van der Waals surface area (Å²) in [6, 6.07) is 8.17. The van der Waals surface area contributed by atoms with E-state index in [9.17, 15) is 8.42 Å². The van der Waals surface area contributed by atoms with E-state index in [4.69, 9.17) is 5.73 Å². The second-order valence-corrected chi connectivity index (χ2v) is 8.26. The van der Waals surface area contributed by atoms with Crippen LogP contribution in [0, 0.1) is 0 Å². The SMILES string of the molecule is CCC(C)c1ccc(NC(N)=NCCCN(C)S(=O)(=O)CC)cc1.I. The van der Waals surface area contributed by atoms with Gasteiger partial charge in [0.1, 0.15) is 0 Å². The molecule has 1 aromatic rings. The molecule has 1 aromatic carbocycles. The molecule has 0 aliphatic carbocycles. The summed E-state index contributed by atoms with van der Waals surface area (Å²) in [5.41, 5.74) is 8.07. The Morgan fingerprint density at radius 2 is 1.88 bits per heavy atom. The minimum atomic E-state index is -3.12. The maximum Gasteiger partial charge on any atom is 0.213 e. The maximum absolute atomic E-state index is 11.6. The Balaban J connectivity index is 0.00000576. The molecule has 3 N–H and O–H groups in total. The Kier molecular flexibility index (Phi) is 11.3. The Bertz CT molecular complexity index is 633. The fraction of sp³-hybridized carbons (Fsp3) is 0.588. The summed E-state index contributed by atoms with van der Waals surface area (Å²) in [5.74, 6) is 0.997. The molecule has 0 saturated carbocycles. The molecule has 8 heteroatoms. The van der Waals surface area contributed by atoms with Gasteiger partial charge in [-0.25, -0.2) is 12.7 Å². The van der Waals surface area contributed by atoms with Gasteiger partial charge in [-0.15, -0.1) is 24.0 Å². The second-order valence-electron chi connectivity index (χ2n) is 5.90. The van der Waals surface area contributed by atoms with Gasteiger partial charge in [0.05, 0.1) is 5.75 Å². The van der Waals surface area contributed by atoms with E-state index in [2.05, 4.69) is 36.3 Å². The molecule has 0 amide bonds. The van der Waals surface area contributed by atoms with E-state index >= 15 is 0 Å². The zero-order valence-electron chi connectivity index (χ0n) is 15.5. The molecule has 1 unspecified atom stereocenters. The molecule has 0 bridgehead atoms. The topological polar surface area (TPSA) is 87.8 Å². The maximum atomic E-state index is 11.6. The highest BCUT2D eigenvalue weighted by molar-refractivity contribution is 14.0. The molecule has 0 aromatic heterocycles. The minimum absolute atomic E-state index is 0. The fourth-order valence-corrected chi connectivity index (χ4v) is 3.02. The fourth-order valence-electron chi connectivity index (χ4n) is 2.17. The monoisotopic (exact) mass is 482 g/mol. The van der Waals surface area contributed by atoms with Gasteiger partial charge >= 0.3 is 0 Å². The van der Waals surface area contributed by atoms with Crippen molar-refractivity contribution in [2.75, 3.05) is 31.2 Å². The Morgan fingerprint density at radius 3 is 2.40 bits per heavy atom. The first-order valence-electron chi connectivity index (χ1n) is 8.41. The normalized spacial score (nSPS) is 13.4. The molecule has 25 heavy (non-hydrogen) atoms. The molecule has 0 heterocycles. The van der Waals surface area contributed by atoms with E-state index < -0.39 is 10.0 Å². The van der Waals surface area contributed by atoms with Crippen molar-refractivity contribution in [2.45, 2.75) is 39.5 Å². The zero-order valence-corrected chi connectivity index (χ0v) is 18.7. The quantitative estimate of drug-likeness (QED) is 0.245. The number of halogens is 1. The van der Waals surface area contributed by atoms with Crippen molar-refractivity contribution < 1.29 is 8.42 Å². The summed E-state index contributed by atoms with van der Waals surface area (Å²) in [6.07, 6.45) is 1.74. The van der Waals surface area contributed by atoms with Crippen molar-refractivity contribution in [1.82, 2.24) is 4.31 Å². The summed E-state index contributed by atoms with van der Waals surface area (Å²) in [6.45, 7) is 6.93. The van der Waals surface area contributed by atoms with Crippen molar-refractivity contribution in [3.8, 4) is 0 Å². The highest BCUT2D eigenvalue weighted by Gasteiger charge is 2.13. The van der Waals surface area contributed by atoms with Crippen molar-refractivity contribution >= 4 is 45.6 Å². The standard InChI is InChI=1S/C17H30N4O2S.HI/c1-5-14(3)15-8-10-16(11-9-15)20-17(18)19-12-7-13-21(4)24(22,23)6-2;/h8-11,14H,5-7,12-13H2,1-4H3,(H3,18,19,20);1H. The molecular weight excluding hydrogens is 451 g/mol. The van der Waals surface area contributed by atoms with Crippen molar-refractivity contribution in [2.24, 2.45) is 10.7 Å². The molecule has 0 aliphatic rings. The van der Waals surface area contributed by atoms with E-state index in [1.165, 1.54) is 9.87 Å². The first kappa shape index (κ1) is 24.1. The first-order valence-corrected chi connectivity index (χ1v) is 10.0. The van der Waals surface area contributed by atoms with Crippen LogP contribution in [0.5, 0.6) is 0 Å². The number of anilines is 1. The summed E-state index contributed by atoms with van der Waals surface area (Å²) in [5, 5.41) is 3.05. The van der Waals surface area contributed by atoms with E-state index in [1.54, 1.807) is 14.0 Å². The van der Waals surface area contributed by atoms with Gasteiger partial charge in [0, 0.05) is 25.8 Å². The average molecular weight is 482 g/mol. The molecule has 0 saturated heterocycles. The van der Waals surface area contributed by atoms with Gasteiger partial charge in [-0.05, 0) is 43.4 Å². The molecule has 0 fully saturated rings. The molecule has 0 spiro atoms. The number of nitrogens with zero attached hydrogens (tertiary/aromatic N) is 2. The van der Waals surface area contributed by atoms with Gasteiger partial charge in [-0.3, -0.25) is 4.99 Å². The highest BCUT2D eigenvalue weighted by atomic mass is 127.